The fourth-order valence-electron chi connectivity index (χ4n) is 3.14. The largest absolute Gasteiger partial charge is 0.454 e. The maximum atomic E-state index is 12.2. The van der Waals surface area contributed by atoms with Gasteiger partial charge in [-0.15, -0.1) is 0 Å². The molecule has 2 aromatic heterocycles. The lowest BCUT2D eigenvalue weighted by atomic mass is 10.1. The van der Waals surface area contributed by atoms with Crippen molar-refractivity contribution in [2.45, 2.75) is 26.2 Å². The average molecular weight is 408 g/mol. The highest BCUT2D eigenvalue weighted by molar-refractivity contribution is 5.80. The Labute approximate surface area is 174 Å². The van der Waals surface area contributed by atoms with E-state index in [2.05, 4.69) is 32.5 Å². The first-order chi connectivity index (χ1) is 14.7. The number of imidazole rings is 1. The number of carbonyl (C=O) groups is 1. The first kappa shape index (κ1) is 19.7. The van der Waals surface area contributed by atoms with Crippen molar-refractivity contribution in [1.29, 1.82) is 0 Å². The SMILES string of the molecule is CCCc1cc(-n2ccnc2)nc(NCC(=O)NCCc2ccc3c(c2)OCO3)n1. The molecule has 9 heteroatoms. The second-order valence-corrected chi connectivity index (χ2v) is 6.90. The van der Waals surface area contributed by atoms with Crippen LogP contribution >= 0.6 is 0 Å². The average Bonchev–Trinajstić information content (AvgIpc) is 3.44. The minimum absolute atomic E-state index is 0.0973. The minimum Gasteiger partial charge on any atom is -0.454 e. The van der Waals surface area contributed by atoms with Gasteiger partial charge in [-0.25, -0.2) is 9.97 Å². The maximum Gasteiger partial charge on any atom is 0.239 e. The molecule has 30 heavy (non-hydrogen) atoms. The summed E-state index contributed by atoms with van der Waals surface area (Å²) < 4.78 is 12.5. The quantitative estimate of drug-likeness (QED) is 0.559. The van der Waals surface area contributed by atoms with Crippen molar-refractivity contribution in [2.75, 3.05) is 25.2 Å². The van der Waals surface area contributed by atoms with Gasteiger partial charge in [0.1, 0.15) is 12.1 Å². The monoisotopic (exact) mass is 408 g/mol. The molecule has 1 aromatic carbocycles. The van der Waals surface area contributed by atoms with Gasteiger partial charge in [-0.3, -0.25) is 9.36 Å². The smallest absolute Gasteiger partial charge is 0.239 e. The third kappa shape index (κ3) is 4.86. The zero-order valence-corrected chi connectivity index (χ0v) is 16.8. The van der Waals surface area contributed by atoms with Crippen molar-refractivity contribution in [1.82, 2.24) is 24.8 Å². The molecule has 156 valence electrons. The van der Waals surface area contributed by atoms with Gasteiger partial charge in [0.05, 0.1) is 6.54 Å². The van der Waals surface area contributed by atoms with Crippen molar-refractivity contribution < 1.29 is 14.3 Å². The van der Waals surface area contributed by atoms with Gasteiger partial charge in [-0.2, -0.15) is 4.98 Å². The van der Waals surface area contributed by atoms with Crippen LogP contribution in [0.25, 0.3) is 5.82 Å². The molecule has 0 bridgehead atoms. The van der Waals surface area contributed by atoms with E-state index >= 15 is 0 Å². The van der Waals surface area contributed by atoms with Gasteiger partial charge in [0.15, 0.2) is 11.5 Å². The number of rotatable bonds is 9. The Hall–Kier alpha value is -3.62. The van der Waals surface area contributed by atoms with Crippen LogP contribution in [0.15, 0.2) is 43.0 Å². The van der Waals surface area contributed by atoms with Crippen LogP contribution < -0.4 is 20.1 Å². The molecular formula is C21H24N6O3. The van der Waals surface area contributed by atoms with Gasteiger partial charge >= 0.3 is 0 Å². The number of nitrogens with zero attached hydrogens (tertiary/aromatic N) is 4. The van der Waals surface area contributed by atoms with Gasteiger partial charge in [0, 0.05) is 30.7 Å². The molecule has 0 saturated carbocycles. The molecule has 0 spiro atoms. The molecule has 9 nitrogen and oxygen atoms in total. The predicted molar refractivity (Wildman–Crippen MR) is 111 cm³/mol. The molecule has 4 rings (SSSR count). The summed E-state index contributed by atoms with van der Waals surface area (Å²) in [6.07, 6.45) is 7.72. The van der Waals surface area contributed by atoms with E-state index < -0.39 is 0 Å². The van der Waals surface area contributed by atoms with Crippen molar-refractivity contribution in [3.05, 3.63) is 54.2 Å². The molecule has 0 fully saturated rings. The normalized spacial score (nSPS) is 12.0. The number of aromatic nitrogens is 4. The molecule has 0 unspecified atom stereocenters. The number of nitrogens with one attached hydrogen (secondary N) is 2. The fourth-order valence-corrected chi connectivity index (χ4v) is 3.14. The van der Waals surface area contributed by atoms with E-state index in [-0.39, 0.29) is 19.2 Å². The van der Waals surface area contributed by atoms with Gasteiger partial charge in [-0.1, -0.05) is 19.4 Å². The summed E-state index contributed by atoms with van der Waals surface area (Å²) in [5.74, 6) is 2.53. The lowest BCUT2D eigenvalue weighted by molar-refractivity contribution is -0.119. The summed E-state index contributed by atoms with van der Waals surface area (Å²) >= 11 is 0. The minimum atomic E-state index is -0.121. The van der Waals surface area contributed by atoms with Crippen LogP contribution in [-0.4, -0.2) is 45.3 Å². The number of benzene rings is 1. The summed E-state index contributed by atoms with van der Waals surface area (Å²) in [5, 5.41) is 5.93. The third-order valence-electron chi connectivity index (χ3n) is 4.62. The van der Waals surface area contributed by atoms with Gasteiger partial charge < -0.3 is 20.1 Å². The van der Waals surface area contributed by atoms with Gasteiger partial charge in [0.25, 0.3) is 0 Å². The second-order valence-electron chi connectivity index (χ2n) is 6.90. The third-order valence-corrected chi connectivity index (χ3v) is 4.62. The van der Waals surface area contributed by atoms with Crippen LogP contribution in [0.3, 0.4) is 0 Å². The summed E-state index contributed by atoms with van der Waals surface area (Å²) in [6, 6.07) is 7.74. The molecule has 3 heterocycles. The van der Waals surface area contributed by atoms with E-state index in [1.807, 2.05) is 35.0 Å². The Morgan fingerprint density at radius 2 is 2.07 bits per heavy atom. The number of hydrogen-bond donors (Lipinski definition) is 2. The molecule has 0 saturated heterocycles. The molecule has 0 aliphatic carbocycles. The van der Waals surface area contributed by atoms with Crippen molar-refractivity contribution in [2.24, 2.45) is 0 Å². The number of carbonyl (C=O) groups excluding carboxylic acids is 1. The van der Waals surface area contributed by atoms with Gasteiger partial charge in [-0.05, 0) is 30.5 Å². The summed E-state index contributed by atoms with van der Waals surface area (Å²) in [6.45, 7) is 2.97. The Bertz CT molecular complexity index is 1010. The Morgan fingerprint density at radius 1 is 1.17 bits per heavy atom. The highest BCUT2D eigenvalue weighted by Crippen LogP contribution is 2.32. The van der Waals surface area contributed by atoms with Crippen LogP contribution in [0, 0.1) is 0 Å². The predicted octanol–water partition coefficient (Wildman–Crippen LogP) is 2.11. The number of amides is 1. The van der Waals surface area contributed by atoms with E-state index in [0.717, 1.165) is 41.4 Å². The molecule has 1 aliphatic rings. The van der Waals surface area contributed by atoms with Crippen LogP contribution in [0.1, 0.15) is 24.6 Å². The Balaban J connectivity index is 1.30. The zero-order valence-electron chi connectivity index (χ0n) is 16.8. The van der Waals surface area contributed by atoms with Crippen LogP contribution in [0.2, 0.25) is 0 Å². The lowest BCUT2D eigenvalue weighted by Gasteiger charge is -2.10. The van der Waals surface area contributed by atoms with Crippen molar-refractivity contribution >= 4 is 11.9 Å². The van der Waals surface area contributed by atoms with Crippen LogP contribution in [-0.2, 0) is 17.6 Å². The molecule has 0 radical (unpaired) electrons. The molecular weight excluding hydrogens is 384 g/mol. The topological polar surface area (TPSA) is 103 Å². The number of anilines is 1. The Morgan fingerprint density at radius 3 is 2.90 bits per heavy atom. The van der Waals surface area contributed by atoms with Crippen LogP contribution in [0.4, 0.5) is 5.95 Å². The first-order valence-electron chi connectivity index (χ1n) is 9.96. The summed E-state index contributed by atoms with van der Waals surface area (Å²) in [5.41, 5.74) is 2.00. The number of aryl methyl sites for hydroxylation is 1. The van der Waals surface area contributed by atoms with E-state index in [9.17, 15) is 4.79 Å². The number of hydrogen-bond acceptors (Lipinski definition) is 7. The van der Waals surface area contributed by atoms with Crippen LogP contribution in [0.5, 0.6) is 11.5 Å². The first-order valence-corrected chi connectivity index (χ1v) is 9.96. The van der Waals surface area contributed by atoms with Crippen molar-refractivity contribution in [3.63, 3.8) is 0 Å². The fraction of sp³-hybridized carbons (Fsp3) is 0.333. The second kappa shape index (κ2) is 9.25. The molecule has 0 atom stereocenters. The highest BCUT2D eigenvalue weighted by atomic mass is 16.7. The summed E-state index contributed by atoms with van der Waals surface area (Å²) in [7, 11) is 0. The molecule has 2 N–H and O–H groups in total. The van der Waals surface area contributed by atoms with E-state index in [1.54, 1.807) is 12.5 Å². The van der Waals surface area contributed by atoms with Crippen molar-refractivity contribution in [3.8, 4) is 17.3 Å². The molecule has 3 aromatic rings. The molecule has 1 aliphatic heterocycles. The van der Waals surface area contributed by atoms with E-state index in [0.29, 0.717) is 18.9 Å². The number of ether oxygens (including phenoxy) is 2. The molecule has 1 amide bonds. The van der Waals surface area contributed by atoms with E-state index in [4.69, 9.17) is 9.47 Å². The maximum absolute atomic E-state index is 12.2. The lowest BCUT2D eigenvalue weighted by Crippen LogP contribution is -2.31. The van der Waals surface area contributed by atoms with E-state index in [1.165, 1.54) is 0 Å². The highest BCUT2D eigenvalue weighted by Gasteiger charge is 2.13. The summed E-state index contributed by atoms with van der Waals surface area (Å²) in [4.78, 5) is 25.3. The van der Waals surface area contributed by atoms with Gasteiger partial charge in [0.2, 0.25) is 18.6 Å². The standard InChI is InChI=1S/C21H24N6O3/c1-2-3-16-11-19(27-9-8-22-13-27)26-21(25-16)24-12-20(28)23-7-6-15-4-5-17-18(10-15)30-14-29-17/h4-5,8-11,13H,2-3,6-7,12,14H2,1H3,(H,23,28)(H,24,25,26). The Kier molecular flexibility index (Phi) is 6.07. The zero-order chi connectivity index (χ0) is 20.8. The number of fused-ring (bicyclic) bond motifs is 1.